The molecule has 1 fully saturated rings. The standard InChI is InChI=1S/C11H16ClN3O/c1-14-5-3-8(4-6-14)11-10(12)9(7-16)13-15(11)2/h7-8H,3-6H2,1-2H3. The Hall–Kier alpha value is -0.870. The second-order valence-corrected chi connectivity index (χ2v) is 4.78. The lowest BCUT2D eigenvalue weighted by molar-refractivity contribution is 0.111. The third-order valence-electron chi connectivity index (χ3n) is 3.27. The van der Waals surface area contributed by atoms with Gasteiger partial charge in [0.1, 0.15) is 5.69 Å². The van der Waals surface area contributed by atoms with Gasteiger partial charge in [0.25, 0.3) is 0 Å². The number of halogens is 1. The average molecular weight is 242 g/mol. The van der Waals surface area contributed by atoms with Gasteiger partial charge in [-0.3, -0.25) is 9.48 Å². The molecule has 2 rings (SSSR count). The molecule has 0 unspecified atom stereocenters. The summed E-state index contributed by atoms with van der Waals surface area (Å²) in [5.74, 6) is 0.426. The highest BCUT2D eigenvalue weighted by atomic mass is 35.5. The van der Waals surface area contributed by atoms with E-state index in [1.165, 1.54) is 0 Å². The molecule has 1 saturated heterocycles. The van der Waals surface area contributed by atoms with Crippen LogP contribution in [0, 0.1) is 0 Å². The summed E-state index contributed by atoms with van der Waals surface area (Å²) < 4.78 is 1.75. The van der Waals surface area contributed by atoms with E-state index in [4.69, 9.17) is 11.6 Å². The number of hydrogen-bond donors (Lipinski definition) is 0. The van der Waals surface area contributed by atoms with Crippen molar-refractivity contribution in [2.24, 2.45) is 7.05 Å². The topological polar surface area (TPSA) is 38.1 Å². The van der Waals surface area contributed by atoms with Gasteiger partial charge in [-0.25, -0.2) is 0 Å². The first kappa shape index (κ1) is 11.6. The minimum atomic E-state index is 0.359. The molecule has 2 heterocycles. The van der Waals surface area contributed by atoms with Gasteiger partial charge in [-0.05, 0) is 33.0 Å². The van der Waals surface area contributed by atoms with Crippen LogP contribution in [0.2, 0.25) is 5.02 Å². The van der Waals surface area contributed by atoms with Gasteiger partial charge in [-0.15, -0.1) is 0 Å². The summed E-state index contributed by atoms with van der Waals surface area (Å²) in [4.78, 5) is 13.1. The van der Waals surface area contributed by atoms with Crippen molar-refractivity contribution in [3.8, 4) is 0 Å². The Balaban J connectivity index is 2.26. The lowest BCUT2D eigenvalue weighted by Gasteiger charge is -2.29. The van der Waals surface area contributed by atoms with E-state index in [9.17, 15) is 4.79 Å². The summed E-state index contributed by atoms with van der Waals surface area (Å²) in [6.45, 7) is 2.14. The van der Waals surface area contributed by atoms with E-state index in [1.807, 2.05) is 7.05 Å². The highest BCUT2D eigenvalue weighted by Gasteiger charge is 2.25. The Morgan fingerprint density at radius 1 is 1.38 bits per heavy atom. The Kier molecular flexibility index (Phi) is 3.30. The number of piperidine rings is 1. The number of aldehydes is 1. The second kappa shape index (κ2) is 4.55. The molecule has 0 aliphatic carbocycles. The van der Waals surface area contributed by atoms with E-state index < -0.39 is 0 Å². The zero-order chi connectivity index (χ0) is 11.7. The SMILES string of the molecule is CN1CCC(c2c(Cl)c(C=O)nn2C)CC1. The molecule has 0 amide bonds. The predicted molar refractivity (Wildman–Crippen MR) is 63.1 cm³/mol. The van der Waals surface area contributed by atoms with Crippen LogP contribution < -0.4 is 0 Å². The second-order valence-electron chi connectivity index (χ2n) is 4.40. The number of rotatable bonds is 2. The van der Waals surface area contributed by atoms with Crippen molar-refractivity contribution in [1.82, 2.24) is 14.7 Å². The van der Waals surface area contributed by atoms with Gasteiger partial charge >= 0.3 is 0 Å². The Labute approximate surface area is 100 Å². The van der Waals surface area contributed by atoms with Crippen LogP contribution in [0.25, 0.3) is 0 Å². The van der Waals surface area contributed by atoms with Crippen LogP contribution in [0.15, 0.2) is 0 Å². The maximum absolute atomic E-state index is 10.8. The number of carbonyl (C=O) groups excluding carboxylic acids is 1. The fraction of sp³-hybridized carbons (Fsp3) is 0.636. The van der Waals surface area contributed by atoms with Crippen molar-refractivity contribution in [2.45, 2.75) is 18.8 Å². The monoisotopic (exact) mass is 241 g/mol. The van der Waals surface area contributed by atoms with E-state index >= 15 is 0 Å². The van der Waals surface area contributed by atoms with Crippen LogP contribution in [0.3, 0.4) is 0 Å². The van der Waals surface area contributed by atoms with Gasteiger partial charge in [0.15, 0.2) is 6.29 Å². The van der Waals surface area contributed by atoms with E-state index in [0.29, 0.717) is 16.6 Å². The van der Waals surface area contributed by atoms with Crippen molar-refractivity contribution >= 4 is 17.9 Å². The minimum Gasteiger partial charge on any atom is -0.306 e. The Morgan fingerprint density at radius 3 is 2.50 bits per heavy atom. The molecule has 1 aromatic heterocycles. The normalized spacial score (nSPS) is 18.9. The molecule has 0 saturated carbocycles. The molecular formula is C11H16ClN3O. The fourth-order valence-electron chi connectivity index (χ4n) is 2.33. The van der Waals surface area contributed by atoms with Crippen molar-refractivity contribution in [2.75, 3.05) is 20.1 Å². The largest absolute Gasteiger partial charge is 0.306 e. The van der Waals surface area contributed by atoms with E-state index in [0.717, 1.165) is 37.9 Å². The third-order valence-corrected chi connectivity index (χ3v) is 3.66. The average Bonchev–Trinajstić information content (AvgIpc) is 2.56. The number of carbonyl (C=O) groups is 1. The summed E-state index contributed by atoms with van der Waals surface area (Å²) in [7, 11) is 3.98. The molecular weight excluding hydrogens is 226 g/mol. The summed E-state index contributed by atoms with van der Waals surface area (Å²) in [6, 6.07) is 0. The van der Waals surface area contributed by atoms with Crippen molar-refractivity contribution in [3.05, 3.63) is 16.4 Å². The van der Waals surface area contributed by atoms with E-state index in [-0.39, 0.29) is 0 Å². The van der Waals surface area contributed by atoms with Gasteiger partial charge in [0.05, 0.1) is 10.7 Å². The Morgan fingerprint density at radius 2 is 2.00 bits per heavy atom. The highest BCUT2D eigenvalue weighted by molar-refractivity contribution is 6.33. The van der Waals surface area contributed by atoms with Gasteiger partial charge in [0, 0.05) is 13.0 Å². The van der Waals surface area contributed by atoms with Gasteiger partial charge < -0.3 is 4.90 Å². The van der Waals surface area contributed by atoms with Crippen molar-refractivity contribution < 1.29 is 4.79 Å². The summed E-state index contributed by atoms with van der Waals surface area (Å²) in [5.41, 5.74) is 1.37. The first-order chi connectivity index (χ1) is 7.63. The van der Waals surface area contributed by atoms with Gasteiger partial charge in [0.2, 0.25) is 0 Å². The smallest absolute Gasteiger partial charge is 0.171 e. The molecule has 0 atom stereocenters. The number of hydrogen-bond acceptors (Lipinski definition) is 3. The third kappa shape index (κ3) is 1.99. The molecule has 0 radical (unpaired) electrons. The summed E-state index contributed by atoms with van der Waals surface area (Å²) in [5, 5.41) is 4.66. The lowest BCUT2D eigenvalue weighted by atomic mass is 9.93. The maximum atomic E-state index is 10.8. The Bertz CT molecular complexity index is 394. The summed E-state index contributed by atoms with van der Waals surface area (Å²) >= 11 is 6.17. The number of aromatic nitrogens is 2. The zero-order valence-electron chi connectivity index (χ0n) is 9.61. The first-order valence-corrected chi connectivity index (χ1v) is 5.87. The van der Waals surface area contributed by atoms with Crippen molar-refractivity contribution in [3.63, 3.8) is 0 Å². The van der Waals surface area contributed by atoms with Crippen LogP contribution >= 0.6 is 11.6 Å². The quantitative estimate of drug-likeness (QED) is 0.740. The maximum Gasteiger partial charge on any atom is 0.171 e. The minimum absolute atomic E-state index is 0.359. The molecule has 0 N–H and O–H groups in total. The van der Waals surface area contributed by atoms with Crippen LogP contribution in [-0.4, -0.2) is 41.1 Å². The van der Waals surface area contributed by atoms with Crippen LogP contribution in [-0.2, 0) is 7.05 Å². The fourth-order valence-corrected chi connectivity index (χ4v) is 2.69. The molecule has 88 valence electrons. The number of likely N-dealkylation sites (tertiary alicyclic amines) is 1. The predicted octanol–water partition coefficient (Wildman–Crippen LogP) is 1.70. The first-order valence-electron chi connectivity index (χ1n) is 5.49. The van der Waals surface area contributed by atoms with Crippen LogP contribution in [0.5, 0.6) is 0 Å². The van der Waals surface area contributed by atoms with Crippen LogP contribution in [0.4, 0.5) is 0 Å². The van der Waals surface area contributed by atoms with Gasteiger partial charge in [-0.1, -0.05) is 11.6 Å². The molecule has 16 heavy (non-hydrogen) atoms. The molecule has 1 aliphatic rings. The van der Waals surface area contributed by atoms with Crippen LogP contribution in [0.1, 0.15) is 34.9 Å². The number of aryl methyl sites for hydroxylation is 1. The molecule has 5 heteroatoms. The number of nitrogens with zero attached hydrogens (tertiary/aromatic N) is 3. The van der Waals surface area contributed by atoms with E-state index in [1.54, 1.807) is 4.68 Å². The highest BCUT2D eigenvalue weighted by Crippen LogP contribution is 2.33. The van der Waals surface area contributed by atoms with Gasteiger partial charge in [-0.2, -0.15) is 5.10 Å². The molecule has 0 aromatic carbocycles. The van der Waals surface area contributed by atoms with E-state index in [2.05, 4.69) is 17.0 Å². The van der Waals surface area contributed by atoms with Crippen molar-refractivity contribution in [1.29, 1.82) is 0 Å². The zero-order valence-corrected chi connectivity index (χ0v) is 10.4. The molecule has 4 nitrogen and oxygen atoms in total. The lowest BCUT2D eigenvalue weighted by Crippen LogP contribution is -2.30. The molecule has 1 aliphatic heterocycles. The summed E-state index contributed by atoms with van der Waals surface area (Å²) in [6.07, 6.45) is 2.88. The molecule has 0 spiro atoms. The molecule has 0 bridgehead atoms. The molecule has 1 aromatic rings.